The van der Waals surface area contributed by atoms with Crippen molar-refractivity contribution in [2.24, 2.45) is 0 Å². The Morgan fingerprint density at radius 3 is 2.31 bits per heavy atom. The average Bonchev–Trinajstić information content (AvgIpc) is 2.01. The molecule has 4 heteroatoms. The number of alkyl halides is 3. The Balaban J connectivity index is 3.29. The Kier molecular flexibility index (Phi) is 2.40. The van der Waals surface area contributed by atoms with Gasteiger partial charge in [0, 0.05) is 0 Å². The lowest BCUT2D eigenvalue weighted by atomic mass is 10.1. The van der Waals surface area contributed by atoms with E-state index in [-0.39, 0.29) is 5.56 Å². The van der Waals surface area contributed by atoms with Crippen LogP contribution < -0.4 is 0 Å². The first-order chi connectivity index (χ1) is 5.95. The number of halogens is 4. The molecule has 0 N–H and O–H groups in total. The van der Waals surface area contributed by atoms with Crippen LogP contribution in [0.25, 0.3) is 6.08 Å². The van der Waals surface area contributed by atoms with E-state index in [4.69, 9.17) is 0 Å². The summed E-state index contributed by atoms with van der Waals surface area (Å²) in [6.07, 6.45) is -3.48. The predicted octanol–water partition coefficient (Wildman–Crippen LogP) is 3.49. The Morgan fingerprint density at radius 2 is 1.85 bits per heavy atom. The molecule has 0 aliphatic carbocycles. The summed E-state index contributed by atoms with van der Waals surface area (Å²) in [6, 6.07) is 2.28. The molecule has 0 heterocycles. The van der Waals surface area contributed by atoms with Crippen LogP contribution in [0.5, 0.6) is 0 Å². The fraction of sp³-hybridized carbons (Fsp3) is 0.111. The first-order valence-corrected chi connectivity index (χ1v) is 3.44. The highest BCUT2D eigenvalue weighted by atomic mass is 19.4. The maximum atomic E-state index is 12.5. The van der Waals surface area contributed by atoms with E-state index < -0.39 is 17.6 Å². The number of benzene rings is 1. The van der Waals surface area contributed by atoms with Gasteiger partial charge in [0.1, 0.15) is 5.82 Å². The van der Waals surface area contributed by atoms with Crippen LogP contribution in [0.1, 0.15) is 11.1 Å². The molecule has 0 amide bonds. The third-order valence-electron chi connectivity index (χ3n) is 1.54. The first-order valence-electron chi connectivity index (χ1n) is 3.44. The quantitative estimate of drug-likeness (QED) is 0.594. The van der Waals surface area contributed by atoms with Gasteiger partial charge in [0.15, 0.2) is 0 Å². The van der Waals surface area contributed by atoms with Gasteiger partial charge in [-0.05, 0) is 23.8 Å². The minimum absolute atomic E-state index is 0.243. The highest BCUT2D eigenvalue weighted by Crippen LogP contribution is 2.32. The van der Waals surface area contributed by atoms with E-state index >= 15 is 0 Å². The van der Waals surface area contributed by atoms with Gasteiger partial charge in [0.2, 0.25) is 0 Å². The summed E-state index contributed by atoms with van der Waals surface area (Å²) in [4.78, 5) is 0. The minimum atomic E-state index is -4.46. The molecule has 0 spiro atoms. The molecule has 0 aliphatic rings. The van der Waals surface area contributed by atoms with Gasteiger partial charge in [-0.1, -0.05) is 12.7 Å². The van der Waals surface area contributed by atoms with Crippen molar-refractivity contribution in [3.63, 3.8) is 0 Å². The van der Waals surface area contributed by atoms with Crippen LogP contribution in [0, 0.1) is 5.82 Å². The van der Waals surface area contributed by atoms with Gasteiger partial charge in [0.05, 0.1) is 5.56 Å². The molecule has 0 bridgehead atoms. The summed E-state index contributed by atoms with van der Waals surface area (Å²) in [5.74, 6) is -0.706. The van der Waals surface area contributed by atoms with Gasteiger partial charge in [-0.25, -0.2) is 4.39 Å². The van der Waals surface area contributed by atoms with Gasteiger partial charge in [-0.15, -0.1) is 0 Å². The molecule has 1 rings (SSSR count). The summed E-state index contributed by atoms with van der Waals surface area (Å²) in [5, 5.41) is 0. The highest BCUT2D eigenvalue weighted by molar-refractivity contribution is 5.52. The molecule has 0 atom stereocenters. The summed E-state index contributed by atoms with van der Waals surface area (Å²) in [5.41, 5.74) is -1.11. The largest absolute Gasteiger partial charge is 0.416 e. The van der Waals surface area contributed by atoms with Crippen LogP contribution in [0.4, 0.5) is 17.6 Å². The molecule has 1 aromatic rings. The SMILES string of the molecule is C=Cc1cc(F)ccc1C(F)(F)F. The Labute approximate surface area is 72.5 Å². The molecule has 13 heavy (non-hydrogen) atoms. The second-order valence-electron chi connectivity index (χ2n) is 2.43. The van der Waals surface area contributed by atoms with Crippen LogP contribution in [0.2, 0.25) is 0 Å². The van der Waals surface area contributed by atoms with Crippen LogP contribution in [-0.2, 0) is 6.18 Å². The van der Waals surface area contributed by atoms with Crippen molar-refractivity contribution in [2.75, 3.05) is 0 Å². The zero-order valence-electron chi connectivity index (χ0n) is 6.53. The molecule has 0 saturated carbocycles. The lowest BCUT2D eigenvalue weighted by molar-refractivity contribution is -0.137. The molecule has 0 fully saturated rings. The average molecular weight is 190 g/mol. The number of rotatable bonds is 1. The Hall–Kier alpha value is -1.32. The van der Waals surface area contributed by atoms with Gasteiger partial charge < -0.3 is 0 Å². The van der Waals surface area contributed by atoms with Gasteiger partial charge in [-0.2, -0.15) is 13.2 Å². The van der Waals surface area contributed by atoms with E-state index in [1.54, 1.807) is 0 Å². The lowest BCUT2D eigenvalue weighted by Gasteiger charge is -2.09. The van der Waals surface area contributed by atoms with Crippen molar-refractivity contribution in [1.29, 1.82) is 0 Å². The van der Waals surface area contributed by atoms with Crippen molar-refractivity contribution in [3.8, 4) is 0 Å². The second-order valence-corrected chi connectivity index (χ2v) is 2.43. The monoisotopic (exact) mass is 190 g/mol. The Morgan fingerprint density at radius 1 is 1.23 bits per heavy atom. The van der Waals surface area contributed by atoms with Crippen LogP contribution in [-0.4, -0.2) is 0 Å². The molecule has 0 aliphatic heterocycles. The Bertz CT molecular complexity index is 325. The van der Waals surface area contributed by atoms with E-state index in [0.717, 1.165) is 18.2 Å². The maximum absolute atomic E-state index is 12.5. The van der Waals surface area contributed by atoms with Gasteiger partial charge >= 0.3 is 6.18 Å². The zero-order valence-corrected chi connectivity index (χ0v) is 6.53. The van der Waals surface area contributed by atoms with E-state index in [1.807, 2.05) is 0 Å². The van der Waals surface area contributed by atoms with Gasteiger partial charge in [0.25, 0.3) is 0 Å². The maximum Gasteiger partial charge on any atom is 0.416 e. The second kappa shape index (κ2) is 3.20. The number of hydrogen-bond acceptors (Lipinski definition) is 0. The fourth-order valence-corrected chi connectivity index (χ4v) is 0.961. The summed E-state index contributed by atoms with van der Waals surface area (Å²) < 4.78 is 49.1. The molecule has 0 radical (unpaired) electrons. The standard InChI is InChI=1S/C9H6F4/c1-2-6-5-7(10)3-4-8(6)9(11,12)13/h2-5H,1H2. The lowest BCUT2D eigenvalue weighted by Crippen LogP contribution is -2.07. The molecule has 0 aromatic heterocycles. The van der Waals surface area contributed by atoms with Crippen LogP contribution in [0.3, 0.4) is 0 Å². The molecular formula is C9H6F4. The van der Waals surface area contributed by atoms with Crippen molar-refractivity contribution < 1.29 is 17.6 Å². The molecule has 0 nitrogen and oxygen atoms in total. The van der Waals surface area contributed by atoms with Crippen molar-refractivity contribution in [3.05, 3.63) is 41.7 Å². The molecular weight excluding hydrogens is 184 g/mol. The fourth-order valence-electron chi connectivity index (χ4n) is 0.961. The normalized spacial score (nSPS) is 11.4. The number of hydrogen-bond donors (Lipinski definition) is 0. The highest BCUT2D eigenvalue weighted by Gasteiger charge is 2.32. The first kappa shape index (κ1) is 9.77. The van der Waals surface area contributed by atoms with Crippen molar-refractivity contribution >= 4 is 6.08 Å². The predicted molar refractivity (Wildman–Crippen MR) is 41.5 cm³/mol. The zero-order chi connectivity index (χ0) is 10.1. The third-order valence-corrected chi connectivity index (χ3v) is 1.54. The van der Waals surface area contributed by atoms with Crippen LogP contribution in [0.15, 0.2) is 24.8 Å². The minimum Gasteiger partial charge on any atom is -0.207 e. The summed E-state index contributed by atoms with van der Waals surface area (Å²) >= 11 is 0. The summed E-state index contributed by atoms with van der Waals surface area (Å²) in [6.45, 7) is 3.18. The molecule has 0 unspecified atom stereocenters. The van der Waals surface area contributed by atoms with E-state index in [2.05, 4.69) is 6.58 Å². The van der Waals surface area contributed by atoms with Crippen molar-refractivity contribution in [1.82, 2.24) is 0 Å². The van der Waals surface area contributed by atoms with Crippen molar-refractivity contribution in [2.45, 2.75) is 6.18 Å². The summed E-state index contributed by atoms with van der Waals surface area (Å²) in [7, 11) is 0. The molecule has 70 valence electrons. The van der Waals surface area contributed by atoms with E-state index in [0.29, 0.717) is 6.07 Å². The van der Waals surface area contributed by atoms with Crippen LogP contribution >= 0.6 is 0 Å². The van der Waals surface area contributed by atoms with Gasteiger partial charge in [-0.3, -0.25) is 0 Å². The molecule has 0 saturated heterocycles. The van der Waals surface area contributed by atoms with E-state index in [9.17, 15) is 17.6 Å². The third kappa shape index (κ3) is 2.08. The molecule has 1 aromatic carbocycles. The topological polar surface area (TPSA) is 0 Å². The smallest absolute Gasteiger partial charge is 0.207 e. The van der Waals surface area contributed by atoms with E-state index in [1.165, 1.54) is 0 Å².